The van der Waals surface area contributed by atoms with Crippen molar-refractivity contribution in [2.45, 2.75) is 20.0 Å². The summed E-state index contributed by atoms with van der Waals surface area (Å²) >= 11 is 0. The number of aromatic nitrogens is 2. The van der Waals surface area contributed by atoms with Crippen molar-refractivity contribution in [3.63, 3.8) is 0 Å². The first kappa shape index (κ1) is 11.8. The Morgan fingerprint density at radius 3 is 2.65 bits per heavy atom. The summed E-state index contributed by atoms with van der Waals surface area (Å²) in [6.45, 7) is 4.02. The van der Waals surface area contributed by atoms with Crippen molar-refractivity contribution in [3.05, 3.63) is 29.5 Å². The standard InChI is InChI=1S/C13H16N2O2/c1-8-7-14-10-5-6-11(17-4)15-13(10)12(8)9(2)16-3/h5-7,9H,1-4H3/t9-/m0/s1. The predicted octanol–water partition coefficient (Wildman–Crippen LogP) is 2.65. The van der Waals surface area contributed by atoms with E-state index in [0.717, 1.165) is 22.2 Å². The third-order valence-electron chi connectivity index (χ3n) is 2.89. The van der Waals surface area contributed by atoms with E-state index in [0.29, 0.717) is 5.88 Å². The highest BCUT2D eigenvalue weighted by Crippen LogP contribution is 2.27. The van der Waals surface area contributed by atoms with E-state index in [4.69, 9.17) is 9.47 Å². The average molecular weight is 232 g/mol. The van der Waals surface area contributed by atoms with E-state index >= 15 is 0 Å². The second-order valence-corrected chi connectivity index (χ2v) is 3.95. The van der Waals surface area contributed by atoms with Crippen LogP contribution < -0.4 is 4.74 Å². The Kier molecular flexibility index (Phi) is 3.24. The third kappa shape index (κ3) is 2.08. The molecule has 4 heteroatoms. The fourth-order valence-corrected chi connectivity index (χ4v) is 1.90. The second kappa shape index (κ2) is 4.67. The van der Waals surface area contributed by atoms with Gasteiger partial charge < -0.3 is 9.47 Å². The Morgan fingerprint density at radius 1 is 1.24 bits per heavy atom. The molecule has 0 aliphatic heterocycles. The average Bonchev–Trinajstić information content (AvgIpc) is 2.37. The summed E-state index contributed by atoms with van der Waals surface area (Å²) in [4.78, 5) is 8.82. The van der Waals surface area contributed by atoms with Crippen LogP contribution in [0.3, 0.4) is 0 Å². The molecule has 1 atom stereocenters. The zero-order valence-electron chi connectivity index (χ0n) is 10.5. The number of nitrogens with zero attached hydrogens (tertiary/aromatic N) is 2. The molecule has 0 radical (unpaired) electrons. The molecule has 0 bridgehead atoms. The van der Waals surface area contributed by atoms with Crippen LogP contribution in [0.4, 0.5) is 0 Å². The van der Waals surface area contributed by atoms with Gasteiger partial charge in [0, 0.05) is 24.9 Å². The highest BCUT2D eigenvalue weighted by molar-refractivity contribution is 5.79. The highest BCUT2D eigenvalue weighted by Gasteiger charge is 2.14. The third-order valence-corrected chi connectivity index (χ3v) is 2.89. The van der Waals surface area contributed by atoms with Gasteiger partial charge in [0.25, 0.3) is 0 Å². The fourth-order valence-electron chi connectivity index (χ4n) is 1.90. The van der Waals surface area contributed by atoms with Crippen molar-refractivity contribution >= 4 is 11.0 Å². The maximum atomic E-state index is 5.39. The van der Waals surface area contributed by atoms with Gasteiger partial charge in [-0.3, -0.25) is 4.98 Å². The van der Waals surface area contributed by atoms with E-state index in [2.05, 4.69) is 9.97 Å². The van der Waals surface area contributed by atoms with Crippen LogP contribution in [0.1, 0.15) is 24.2 Å². The SMILES string of the molecule is COc1ccc2ncc(C)c([C@H](C)OC)c2n1. The lowest BCUT2D eigenvalue weighted by atomic mass is 10.0. The minimum absolute atomic E-state index is 0.0138. The molecule has 4 nitrogen and oxygen atoms in total. The number of hydrogen-bond donors (Lipinski definition) is 0. The van der Waals surface area contributed by atoms with Crippen molar-refractivity contribution in [3.8, 4) is 5.88 Å². The first-order valence-corrected chi connectivity index (χ1v) is 5.50. The molecule has 2 aromatic rings. The molecular weight excluding hydrogens is 216 g/mol. The maximum absolute atomic E-state index is 5.39. The van der Waals surface area contributed by atoms with Crippen LogP contribution in [0, 0.1) is 6.92 Å². The van der Waals surface area contributed by atoms with Crippen LogP contribution in [0.5, 0.6) is 5.88 Å². The summed E-state index contributed by atoms with van der Waals surface area (Å²) in [5.74, 6) is 0.592. The summed E-state index contributed by atoms with van der Waals surface area (Å²) in [5, 5.41) is 0. The molecule has 2 aromatic heterocycles. The topological polar surface area (TPSA) is 44.2 Å². The summed E-state index contributed by atoms with van der Waals surface area (Å²) < 4.78 is 10.5. The monoisotopic (exact) mass is 232 g/mol. The first-order chi connectivity index (χ1) is 8.17. The number of fused-ring (bicyclic) bond motifs is 1. The number of ether oxygens (including phenoxy) is 2. The quantitative estimate of drug-likeness (QED) is 0.816. The molecule has 0 amide bonds. The molecule has 0 spiro atoms. The minimum Gasteiger partial charge on any atom is -0.481 e. The number of hydrogen-bond acceptors (Lipinski definition) is 4. The Labute approximate surface area is 101 Å². The molecule has 2 rings (SSSR count). The van der Waals surface area contributed by atoms with Crippen molar-refractivity contribution < 1.29 is 9.47 Å². The Morgan fingerprint density at radius 2 is 2.00 bits per heavy atom. The molecule has 0 saturated heterocycles. The number of methoxy groups -OCH3 is 2. The Balaban J connectivity index is 2.73. The summed E-state index contributed by atoms with van der Waals surface area (Å²) in [5.41, 5.74) is 3.85. The number of pyridine rings is 2. The molecule has 2 heterocycles. The van der Waals surface area contributed by atoms with Gasteiger partial charge in [0.2, 0.25) is 5.88 Å². The van der Waals surface area contributed by atoms with Crippen LogP contribution >= 0.6 is 0 Å². The molecule has 90 valence electrons. The van der Waals surface area contributed by atoms with Crippen molar-refractivity contribution in [2.24, 2.45) is 0 Å². The van der Waals surface area contributed by atoms with E-state index < -0.39 is 0 Å². The first-order valence-electron chi connectivity index (χ1n) is 5.50. The van der Waals surface area contributed by atoms with Gasteiger partial charge in [-0.25, -0.2) is 4.98 Å². The molecule has 0 N–H and O–H groups in total. The predicted molar refractivity (Wildman–Crippen MR) is 66.3 cm³/mol. The van der Waals surface area contributed by atoms with Gasteiger partial charge in [-0.2, -0.15) is 0 Å². The van der Waals surface area contributed by atoms with Gasteiger partial charge in [-0.15, -0.1) is 0 Å². The van der Waals surface area contributed by atoms with Crippen LogP contribution in [0.15, 0.2) is 18.3 Å². The normalized spacial score (nSPS) is 12.7. The maximum Gasteiger partial charge on any atom is 0.213 e. The summed E-state index contributed by atoms with van der Waals surface area (Å²) in [7, 11) is 3.30. The van der Waals surface area contributed by atoms with Crippen LogP contribution in [0.25, 0.3) is 11.0 Å². The number of aryl methyl sites for hydroxylation is 1. The molecule has 0 fully saturated rings. The second-order valence-electron chi connectivity index (χ2n) is 3.95. The Bertz CT molecular complexity index is 540. The van der Waals surface area contributed by atoms with E-state index in [1.54, 1.807) is 14.2 Å². The van der Waals surface area contributed by atoms with Crippen molar-refractivity contribution in [2.75, 3.05) is 14.2 Å². The van der Waals surface area contributed by atoms with E-state index in [1.807, 2.05) is 32.2 Å². The van der Waals surface area contributed by atoms with Crippen LogP contribution in [0.2, 0.25) is 0 Å². The smallest absolute Gasteiger partial charge is 0.213 e. The van der Waals surface area contributed by atoms with Gasteiger partial charge >= 0.3 is 0 Å². The summed E-state index contributed by atoms with van der Waals surface area (Å²) in [6, 6.07) is 3.72. The van der Waals surface area contributed by atoms with Crippen LogP contribution in [-0.4, -0.2) is 24.2 Å². The molecule has 17 heavy (non-hydrogen) atoms. The largest absolute Gasteiger partial charge is 0.481 e. The fraction of sp³-hybridized carbons (Fsp3) is 0.385. The van der Waals surface area contributed by atoms with E-state index in [-0.39, 0.29) is 6.10 Å². The van der Waals surface area contributed by atoms with Gasteiger partial charge in [-0.05, 0) is 25.5 Å². The van der Waals surface area contributed by atoms with Crippen LogP contribution in [-0.2, 0) is 4.74 Å². The van der Waals surface area contributed by atoms with E-state index in [9.17, 15) is 0 Å². The van der Waals surface area contributed by atoms with E-state index in [1.165, 1.54) is 0 Å². The molecule has 0 aliphatic rings. The Hall–Kier alpha value is -1.68. The zero-order chi connectivity index (χ0) is 12.4. The van der Waals surface area contributed by atoms with Crippen molar-refractivity contribution in [1.82, 2.24) is 9.97 Å². The summed E-state index contributed by atoms with van der Waals surface area (Å²) in [6.07, 6.45) is 1.83. The van der Waals surface area contributed by atoms with Gasteiger partial charge in [-0.1, -0.05) is 0 Å². The van der Waals surface area contributed by atoms with Gasteiger partial charge in [0.05, 0.1) is 24.2 Å². The number of rotatable bonds is 3. The lowest BCUT2D eigenvalue weighted by Gasteiger charge is -2.15. The molecule has 0 saturated carbocycles. The molecule has 0 unspecified atom stereocenters. The minimum atomic E-state index is -0.0138. The zero-order valence-corrected chi connectivity index (χ0v) is 10.5. The lowest BCUT2D eigenvalue weighted by molar-refractivity contribution is 0.120. The highest BCUT2D eigenvalue weighted by atomic mass is 16.5. The molecule has 0 aromatic carbocycles. The van der Waals surface area contributed by atoms with Gasteiger partial charge in [0.1, 0.15) is 0 Å². The van der Waals surface area contributed by atoms with Crippen molar-refractivity contribution in [1.29, 1.82) is 0 Å². The lowest BCUT2D eigenvalue weighted by Crippen LogP contribution is -2.03. The molecule has 0 aliphatic carbocycles. The molecular formula is C13H16N2O2. The van der Waals surface area contributed by atoms with Gasteiger partial charge in [0.15, 0.2) is 0 Å².